The molecule has 0 heterocycles. The molecule has 1 aromatic rings. The first kappa shape index (κ1) is 16.6. The van der Waals surface area contributed by atoms with Crippen LogP contribution in [0.4, 0.5) is 18.9 Å². The third-order valence-corrected chi connectivity index (χ3v) is 6.08. The third-order valence-electron chi connectivity index (χ3n) is 3.54. The summed E-state index contributed by atoms with van der Waals surface area (Å²) in [5, 5.41) is -0.535. The Kier molecular flexibility index (Phi) is 4.87. The van der Waals surface area contributed by atoms with Gasteiger partial charge in [-0.3, -0.25) is 4.72 Å². The van der Waals surface area contributed by atoms with Gasteiger partial charge in [-0.25, -0.2) is 8.42 Å². The molecule has 1 aromatic carbocycles. The highest BCUT2D eigenvalue weighted by molar-refractivity contribution is 9.10. The van der Waals surface area contributed by atoms with Crippen molar-refractivity contribution in [2.75, 3.05) is 4.72 Å². The average molecular weight is 386 g/mol. The number of benzene rings is 1. The van der Waals surface area contributed by atoms with Crippen molar-refractivity contribution in [2.45, 2.75) is 43.5 Å². The normalized spacial score (nSPS) is 17.7. The van der Waals surface area contributed by atoms with Crippen LogP contribution in [0.25, 0.3) is 0 Å². The smallest absolute Gasteiger partial charge is 0.282 e. The number of rotatable bonds is 3. The van der Waals surface area contributed by atoms with Gasteiger partial charge in [-0.05, 0) is 47.0 Å². The molecule has 1 aliphatic carbocycles. The van der Waals surface area contributed by atoms with Crippen molar-refractivity contribution in [1.29, 1.82) is 0 Å². The van der Waals surface area contributed by atoms with Crippen LogP contribution in [0.15, 0.2) is 22.7 Å². The first-order chi connectivity index (χ1) is 9.70. The molecule has 118 valence electrons. The lowest BCUT2D eigenvalue weighted by molar-refractivity contribution is -0.137. The SMILES string of the molecule is O=S(=O)(Nc1cc(C(F)(F)F)ccc1Br)C1CCCCC1. The summed E-state index contributed by atoms with van der Waals surface area (Å²) in [4.78, 5) is 0. The van der Waals surface area contributed by atoms with Crippen LogP contribution in [-0.4, -0.2) is 13.7 Å². The number of sulfonamides is 1. The van der Waals surface area contributed by atoms with Gasteiger partial charge in [0.25, 0.3) is 0 Å². The summed E-state index contributed by atoms with van der Waals surface area (Å²) in [6.07, 6.45) is -0.756. The Hall–Kier alpha value is -0.760. The van der Waals surface area contributed by atoms with Gasteiger partial charge in [0.05, 0.1) is 16.5 Å². The Morgan fingerprint density at radius 3 is 2.33 bits per heavy atom. The van der Waals surface area contributed by atoms with Gasteiger partial charge in [0.15, 0.2) is 0 Å². The molecule has 0 aliphatic heterocycles. The molecule has 8 heteroatoms. The molecular formula is C13H15BrF3NO2S. The van der Waals surface area contributed by atoms with Crippen LogP contribution in [0.1, 0.15) is 37.7 Å². The van der Waals surface area contributed by atoms with E-state index in [0.29, 0.717) is 12.8 Å². The molecule has 0 saturated heterocycles. The van der Waals surface area contributed by atoms with Gasteiger partial charge >= 0.3 is 6.18 Å². The van der Waals surface area contributed by atoms with Gasteiger partial charge in [0.1, 0.15) is 0 Å². The second-order valence-electron chi connectivity index (χ2n) is 5.10. The second-order valence-corrected chi connectivity index (χ2v) is 7.91. The van der Waals surface area contributed by atoms with E-state index in [1.807, 2.05) is 0 Å². The zero-order valence-corrected chi connectivity index (χ0v) is 13.5. The van der Waals surface area contributed by atoms with Crippen LogP contribution >= 0.6 is 15.9 Å². The summed E-state index contributed by atoms with van der Waals surface area (Å²) in [6.45, 7) is 0. The van der Waals surface area contributed by atoms with Gasteiger partial charge in [0.2, 0.25) is 10.0 Å². The lowest BCUT2D eigenvalue weighted by Crippen LogP contribution is -2.30. The van der Waals surface area contributed by atoms with Crippen molar-refractivity contribution in [3.8, 4) is 0 Å². The molecule has 0 amide bonds. The molecule has 0 aromatic heterocycles. The van der Waals surface area contributed by atoms with Crippen LogP contribution in [-0.2, 0) is 16.2 Å². The van der Waals surface area contributed by atoms with Crippen LogP contribution in [0.5, 0.6) is 0 Å². The van der Waals surface area contributed by atoms with Crippen molar-refractivity contribution in [1.82, 2.24) is 0 Å². The highest BCUT2D eigenvalue weighted by Crippen LogP contribution is 2.35. The maximum Gasteiger partial charge on any atom is 0.416 e. The zero-order valence-electron chi connectivity index (χ0n) is 11.1. The van der Waals surface area contributed by atoms with Crippen molar-refractivity contribution in [2.24, 2.45) is 0 Å². The Morgan fingerprint density at radius 2 is 1.76 bits per heavy atom. The molecule has 1 N–H and O–H groups in total. The molecule has 1 fully saturated rings. The van der Waals surface area contributed by atoms with E-state index in [-0.39, 0.29) is 10.2 Å². The average Bonchev–Trinajstić information content (AvgIpc) is 2.41. The Morgan fingerprint density at radius 1 is 1.14 bits per heavy atom. The fraction of sp³-hybridized carbons (Fsp3) is 0.538. The van der Waals surface area contributed by atoms with E-state index in [1.165, 1.54) is 6.07 Å². The highest BCUT2D eigenvalue weighted by Gasteiger charge is 2.32. The lowest BCUT2D eigenvalue weighted by Gasteiger charge is -2.23. The van der Waals surface area contributed by atoms with Crippen molar-refractivity contribution < 1.29 is 21.6 Å². The summed E-state index contributed by atoms with van der Waals surface area (Å²) >= 11 is 3.08. The quantitative estimate of drug-likeness (QED) is 0.829. The largest absolute Gasteiger partial charge is 0.416 e. The van der Waals surface area contributed by atoms with Gasteiger partial charge in [-0.2, -0.15) is 13.2 Å². The third kappa shape index (κ3) is 4.12. The number of hydrogen-bond acceptors (Lipinski definition) is 2. The maximum absolute atomic E-state index is 12.7. The zero-order chi connectivity index (χ0) is 15.7. The van der Waals surface area contributed by atoms with Gasteiger partial charge in [-0.15, -0.1) is 0 Å². The van der Waals surface area contributed by atoms with E-state index in [2.05, 4.69) is 20.7 Å². The number of alkyl halides is 3. The number of hydrogen-bond donors (Lipinski definition) is 1. The first-order valence-corrected chi connectivity index (χ1v) is 8.92. The predicted molar refractivity (Wildman–Crippen MR) is 78.6 cm³/mol. The van der Waals surface area contributed by atoms with Crippen LogP contribution in [0.3, 0.4) is 0 Å². The molecule has 0 atom stereocenters. The molecule has 21 heavy (non-hydrogen) atoms. The van der Waals surface area contributed by atoms with Gasteiger partial charge < -0.3 is 0 Å². The van der Waals surface area contributed by atoms with E-state index >= 15 is 0 Å². The minimum Gasteiger partial charge on any atom is -0.282 e. The fourth-order valence-corrected chi connectivity index (χ4v) is 4.46. The van der Waals surface area contributed by atoms with E-state index in [1.54, 1.807) is 0 Å². The molecule has 0 radical (unpaired) electrons. The van der Waals surface area contributed by atoms with Crippen molar-refractivity contribution >= 4 is 31.6 Å². The second kappa shape index (κ2) is 6.16. The molecule has 2 rings (SSSR count). The highest BCUT2D eigenvalue weighted by atomic mass is 79.9. The van der Waals surface area contributed by atoms with Gasteiger partial charge in [0, 0.05) is 4.47 Å². The van der Waals surface area contributed by atoms with Crippen LogP contribution in [0, 0.1) is 0 Å². The Balaban J connectivity index is 2.26. The monoisotopic (exact) mass is 385 g/mol. The minimum absolute atomic E-state index is 0.0737. The minimum atomic E-state index is -4.51. The maximum atomic E-state index is 12.7. The molecule has 1 aliphatic rings. The van der Waals surface area contributed by atoms with Gasteiger partial charge in [-0.1, -0.05) is 19.3 Å². The summed E-state index contributed by atoms with van der Waals surface area (Å²) in [5.74, 6) is 0. The molecule has 0 spiro atoms. The van der Waals surface area contributed by atoms with Crippen LogP contribution < -0.4 is 4.72 Å². The summed E-state index contributed by atoms with van der Waals surface area (Å²) in [5.41, 5.74) is -0.956. The fourth-order valence-electron chi connectivity index (χ4n) is 2.39. The number of anilines is 1. The predicted octanol–water partition coefficient (Wildman–Crippen LogP) is 4.54. The van der Waals surface area contributed by atoms with E-state index < -0.39 is 27.0 Å². The number of nitrogens with one attached hydrogen (secondary N) is 1. The summed E-state index contributed by atoms with van der Waals surface area (Å²) < 4.78 is 65.2. The summed E-state index contributed by atoms with van der Waals surface area (Å²) in [6, 6.07) is 2.91. The molecular weight excluding hydrogens is 371 g/mol. The van der Waals surface area contributed by atoms with E-state index in [0.717, 1.165) is 31.4 Å². The molecule has 0 unspecified atom stereocenters. The first-order valence-electron chi connectivity index (χ1n) is 6.58. The van der Waals surface area contributed by atoms with E-state index in [9.17, 15) is 21.6 Å². The Labute approximate surface area is 130 Å². The molecule has 1 saturated carbocycles. The molecule has 0 bridgehead atoms. The Bertz CT molecular complexity index is 610. The van der Waals surface area contributed by atoms with Crippen molar-refractivity contribution in [3.63, 3.8) is 0 Å². The lowest BCUT2D eigenvalue weighted by atomic mass is 10.0. The summed E-state index contributed by atoms with van der Waals surface area (Å²) in [7, 11) is -3.67. The van der Waals surface area contributed by atoms with Crippen LogP contribution in [0.2, 0.25) is 0 Å². The number of halogens is 4. The van der Waals surface area contributed by atoms with E-state index in [4.69, 9.17) is 0 Å². The molecule has 3 nitrogen and oxygen atoms in total. The standard InChI is InChI=1S/C13H15BrF3NO2S/c14-11-7-6-9(13(15,16)17)8-12(11)18-21(19,20)10-4-2-1-3-5-10/h6-8,10,18H,1-5H2. The topological polar surface area (TPSA) is 46.2 Å². The van der Waals surface area contributed by atoms with Crippen molar-refractivity contribution in [3.05, 3.63) is 28.2 Å².